The number of para-hydroxylation sites is 1. The first kappa shape index (κ1) is 15.7. The lowest BCUT2D eigenvalue weighted by Gasteiger charge is -2.05. The van der Waals surface area contributed by atoms with Gasteiger partial charge in [-0.05, 0) is 18.2 Å². The number of nitrogens with zero attached hydrogens (tertiary/aromatic N) is 2. The van der Waals surface area contributed by atoms with Crippen LogP contribution in [0.25, 0.3) is 5.69 Å². The number of nitrogens with one attached hydrogen (secondary N) is 2. The number of benzene rings is 1. The third-order valence-electron chi connectivity index (χ3n) is 2.88. The summed E-state index contributed by atoms with van der Waals surface area (Å²) in [5, 5.41) is 7.53. The van der Waals surface area contributed by atoms with Crippen LogP contribution in [-0.4, -0.2) is 37.0 Å². The fraction of sp³-hybridized carbons (Fsp3) is 0.357. The van der Waals surface area contributed by atoms with Gasteiger partial charge in [0.1, 0.15) is 0 Å². The molecule has 7 heteroatoms. The fourth-order valence-electron chi connectivity index (χ4n) is 1.90. The molecule has 2 rings (SSSR count). The SMILES string of the molecule is CCNS(=O)(=O)CCNCc1ccn(-c2ccccc2)n1. The van der Waals surface area contributed by atoms with Crippen molar-refractivity contribution in [3.63, 3.8) is 0 Å². The van der Waals surface area contributed by atoms with Gasteiger partial charge in [-0.3, -0.25) is 0 Å². The lowest BCUT2D eigenvalue weighted by molar-refractivity contribution is 0.578. The first-order valence-electron chi connectivity index (χ1n) is 6.89. The Hall–Kier alpha value is -1.70. The zero-order chi connectivity index (χ0) is 15.1. The molecule has 0 unspecified atom stereocenters. The van der Waals surface area contributed by atoms with E-state index in [1.54, 1.807) is 11.6 Å². The second-order valence-electron chi connectivity index (χ2n) is 4.58. The molecule has 1 aromatic heterocycles. The molecule has 0 aliphatic rings. The van der Waals surface area contributed by atoms with E-state index in [0.717, 1.165) is 11.4 Å². The Morgan fingerprint density at radius 1 is 1.19 bits per heavy atom. The van der Waals surface area contributed by atoms with Crippen molar-refractivity contribution in [1.82, 2.24) is 19.8 Å². The quantitative estimate of drug-likeness (QED) is 0.711. The van der Waals surface area contributed by atoms with Gasteiger partial charge in [0.25, 0.3) is 0 Å². The topological polar surface area (TPSA) is 76.0 Å². The summed E-state index contributed by atoms with van der Waals surface area (Å²) >= 11 is 0. The number of sulfonamides is 1. The molecule has 0 radical (unpaired) electrons. The highest BCUT2D eigenvalue weighted by atomic mass is 32.2. The summed E-state index contributed by atoms with van der Waals surface area (Å²) < 4.78 is 27.2. The van der Waals surface area contributed by atoms with Crippen LogP contribution in [-0.2, 0) is 16.6 Å². The maximum atomic E-state index is 11.5. The monoisotopic (exact) mass is 308 g/mol. The van der Waals surface area contributed by atoms with Crippen molar-refractivity contribution in [3.05, 3.63) is 48.3 Å². The van der Waals surface area contributed by atoms with E-state index >= 15 is 0 Å². The van der Waals surface area contributed by atoms with E-state index in [1.165, 1.54) is 0 Å². The molecule has 1 aromatic carbocycles. The van der Waals surface area contributed by atoms with Gasteiger partial charge < -0.3 is 5.32 Å². The summed E-state index contributed by atoms with van der Waals surface area (Å²) in [4.78, 5) is 0. The molecule has 0 aliphatic carbocycles. The second kappa shape index (κ2) is 7.35. The summed E-state index contributed by atoms with van der Waals surface area (Å²) in [6.45, 7) is 3.13. The molecule has 114 valence electrons. The summed E-state index contributed by atoms with van der Waals surface area (Å²) in [5.74, 6) is 0.0697. The van der Waals surface area contributed by atoms with E-state index in [1.807, 2.05) is 42.6 Å². The van der Waals surface area contributed by atoms with Crippen LogP contribution in [0.2, 0.25) is 0 Å². The van der Waals surface area contributed by atoms with E-state index in [2.05, 4.69) is 15.1 Å². The van der Waals surface area contributed by atoms with Crippen molar-refractivity contribution in [3.8, 4) is 5.69 Å². The zero-order valence-corrected chi connectivity index (χ0v) is 12.8. The molecule has 0 bridgehead atoms. The van der Waals surface area contributed by atoms with Gasteiger partial charge in [0.15, 0.2) is 0 Å². The maximum Gasteiger partial charge on any atom is 0.212 e. The normalized spacial score (nSPS) is 11.7. The van der Waals surface area contributed by atoms with Gasteiger partial charge >= 0.3 is 0 Å². The van der Waals surface area contributed by atoms with Crippen LogP contribution in [0.4, 0.5) is 0 Å². The molecule has 0 aliphatic heterocycles. The van der Waals surface area contributed by atoms with E-state index in [9.17, 15) is 8.42 Å². The van der Waals surface area contributed by atoms with E-state index in [0.29, 0.717) is 19.6 Å². The largest absolute Gasteiger partial charge is 0.310 e. The molecule has 2 aromatic rings. The number of rotatable bonds is 8. The Bertz CT molecular complexity index is 653. The molecule has 0 amide bonds. The van der Waals surface area contributed by atoms with Crippen molar-refractivity contribution < 1.29 is 8.42 Å². The van der Waals surface area contributed by atoms with Crippen molar-refractivity contribution >= 4 is 10.0 Å². The van der Waals surface area contributed by atoms with Crippen LogP contribution in [0.15, 0.2) is 42.6 Å². The number of aromatic nitrogens is 2. The highest BCUT2D eigenvalue weighted by Crippen LogP contribution is 2.06. The molecule has 0 atom stereocenters. The molecule has 0 fully saturated rings. The third-order valence-corrected chi connectivity index (χ3v) is 4.35. The predicted octanol–water partition coefficient (Wildman–Crippen LogP) is 0.901. The standard InChI is InChI=1S/C14H20N4O2S/c1-2-16-21(19,20)11-9-15-12-13-8-10-18(17-13)14-6-4-3-5-7-14/h3-8,10,15-16H,2,9,11-12H2,1H3. The Labute approximate surface area is 125 Å². The molecule has 2 N–H and O–H groups in total. The van der Waals surface area contributed by atoms with Crippen molar-refractivity contribution in [1.29, 1.82) is 0 Å². The molecule has 1 heterocycles. The Kier molecular flexibility index (Phi) is 5.49. The Morgan fingerprint density at radius 3 is 2.67 bits per heavy atom. The van der Waals surface area contributed by atoms with Crippen molar-refractivity contribution in [2.75, 3.05) is 18.8 Å². The first-order valence-corrected chi connectivity index (χ1v) is 8.54. The summed E-state index contributed by atoms with van der Waals surface area (Å²) in [6, 6.07) is 11.8. The van der Waals surface area contributed by atoms with Crippen molar-refractivity contribution in [2.45, 2.75) is 13.5 Å². The highest BCUT2D eigenvalue weighted by molar-refractivity contribution is 7.89. The van der Waals surface area contributed by atoms with Crippen LogP contribution < -0.4 is 10.0 Å². The summed E-state index contributed by atoms with van der Waals surface area (Å²) in [7, 11) is -3.16. The van der Waals surface area contributed by atoms with Crippen LogP contribution in [0.5, 0.6) is 0 Å². The van der Waals surface area contributed by atoms with E-state index < -0.39 is 10.0 Å². The molecule has 0 saturated carbocycles. The van der Waals surface area contributed by atoms with Crippen molar-refractivity contribution in [2.24, 2.45) is 0 Å². The average molecular weight is 308 g/mol. The molecular weight excluding hydrogens is 288 g/mol. The average Bonchev–Trinajstić information content (AvgIpc) is 2.93. The lowest BCUT2D eigenvalue weighted by atomic mass is 10.3. The highest BCUT2D eigenvalue weighted by Gasteiger charge is 2.07. The van der Waals surface area contributed by atoms with E-state index in [-0.39, 0.29) is 5.75 Å². The minimum atomic E-state index is -3.16. The van der Waals surface area contributed by atoms with Gasteiger partial charge in [-0.25, -0.2) is 17.8 Å². The van der Waals surface area contributed by atoms with Gasteiger partial charge in [-0.1, -0.05) is 25.1 Å². The van der Waals surface area contributed by atoms with Gasteiger partial charge in [0.2, 0.25) is 10.0 Å². The van der Waals surface area contributed by atoms with Gasteiger partial charge in [0.05, 0.1) is 17.1 Å². The minimum Gasteiger partial charge on any atom is -0.310 e. The van der Waals surface area contributed by atoms with Gasteiger partial charge in [-0.2, -0.15) is 5.10 Å². The summed E-state index contributed by atoms with van der Waals surface area (Å²) in [6.07, 6.45) is 1.89. The molecule has 6 nitrogen and oxygen atoms in total. The molecule has 21 heavy (non-hydrogen) atoms. The van der Waals surface area contributed by atoms with Crippen LogP contribution in [0.3, 0.4) is 0 Å². The smallest absolute Gasteiger partial charge is 0.212 e. The van der Waals surface area contributed by atoms with Crippen LogP contribution >= 0.6 is 0 Å². The lowest BCUT2D eigenvalue weighted by Crippen LogP contribution is -2.31. The number of hydrogen-bond acceptors (Lipinski definition) is 4. The fourth-order valence-corrected chi connectivity index (χ4v) is 2.89. The number of hydrogen-bond donors (Lipinski definition) is 2. The van der Waals surface area contributed by atoms with Crippen LogP contribution in [0, 0.1) is 0 Å². The molecular formula is C14H20N4O2S. The first-order chi connectivity index (χ1) is 10.1. The van der Waals surface area contributed by atoms with Crippen LogP contribution in [0.1, 0.15) is 12.6 Å². The third kappa shape index (κ3) is 4.96. The Morgan fingerprint density at radius 2 is 1.95 bits per heavy atom. The molecule has 0 spiro atoms. The van der Waals surface area contributed by atoms with Gasteiger partial charge in [-0.15, -0.1) is 0 Å². The zero-order valence-electron chi connectivity index (χ0n) is 12.0. The predicted molar refractivity (Wildman–Crippen MR) is 82.7 cm³/mol. The second-order valence-corrected chi connectivity index (χ2v) is 6.51. The van der Waals surface area contributed by atoms with Gasteiger partial charge in [0, 0.05) is 25.8 Å². The van der Waals surface area contributed by atoms with E-state index in [4.69, 9.17) is 0 Å². The maximum absolute atomic E-state index is 11.5. The minimum absolute atomic E-state index is 0.0697. The Balaban J connectivity index is 1.81. The molecule has 0 saturated heterocycles. The summed E-state index contributed by atoms with van der Waals surface area (Å²) in [5.41, 5.74) is 1.87.